The van der Waals surface area contributed by atoms with Crippen LogP contribution in [-0.4, -0.2) is 17.6 Å². The molecule has 0 aromatic carbocycles. The summed E-state index contributed by atoms with van der Waals surface area (Å²) in [7, 11) is 0. The Labute approximate surface area is 96.1 Å². The Kier molecular flexibility index (Phi) is 3.76. The monoisotopic (exact) mass is 224 g/mol. The van der Waals surface area contributed by atoms with Crippen molar-refractivity contribution in [3.8, 4) is 0 Å². The van der Waals surface area contributed by atoms with E-state index in [0.717, 1.165) is 18.9 Å². The first-order valence-corrected chi connectivity index (χ1v) is 6.81. The van der Waals surface area contributed by atoms with Crippen molar-refractivity contribution >= 4 is 11.3 Å². The lowest BCUT2D eigenvalue weighted by Gasteiger charge is -2.06. The van der Waals surface area contributed by atoms with Crippen molar-refractivity contribution in [3.05, 3.63) is 16.1 Å². The summed E-state index contributed by atoms with van der Waals surface area (Å²) in [6.07, 6.45) is 5.05. The molecule has 15 heavy (non-hydrogen) atoms. The van der Waals surface area contributed by atoms with E-state index in [2.05, 4.69) is 29.5 Å². The predicted octanol–water partition coefficient (Wildman–Crippen LogP) is 2.95. The van der Waals surface area contributed by atoms with Crippen molar-refractivity contribution in [2.45, 2.75) is 51.5 Å². The van der Waals surface area contributed by atoms with Crippen LogP contribution in [0.5, 0.6) is 0 Å². The molecule has 0 unspecified atom stereocenters. The predicted molar refractivity (Wildman–Crippen MR) is 65.5 cm³/mol. The Bertz CT molecular complexity index is 302. The second-order valence-electron chi connectivity index (χ2n) is 4.66. The molecule has 2 nitrogen and oxygen atoms in total. The fraction of sp³-hybridized carbons (Fsp3) is 0.750. The number of aromatic nitrogens is 1. The minimum atomic E-state index is 0.599. The molecule has 0 bridgehead atoms. The van der Waals surface area contributed by atoms with E-state index in [-0.39, 0.29) is 0 Å². The molecule has 0 atom stereocenters. The van der Waals surface area contributed by atoms with E-state index < -0.39 is 0 Å². The van der Waals surface area contributed by atoms with Crippen molar-refractivity contribution in [1.82, 2.24) is 10.3 Å². The zero-order chi connectivity index (χ0) is 10.7. The molecule has 2 rings (SSSR count). The molecule has 3 heteroatoms. The number of thiazole rings is 1. The average molecular weight is 224 g/mol. The molecule has 1 N–H and O–H groups in total. The summed E-state index contributed by atoms with van der Waals surface area (Å²) >= 11 is 1.85. The van der Waals surface area contributed by atoms with E-state index in [0.29, 0.717) is 6.04 Å². The third-order valence-corrected chi connectivity index (χ3v) is 3.71. The standard InChI is InChI=1S/C12H20N2S/c1-9(2)13-7-3-4-11-8-15-12(14-11)10-5-6-10/h8-10,13H,3-7H2,1-2H3. The van der Waals surface area contributed by atoms with E-state index in [9.17, 15) is 0 Å². The van der Waals surface area contributed by atoms with Gasteiger partial charge in [0.2, 0.25) is 0 Å². The van der Waals surface area contributed by atoms with E-state index in [1.165, 1.54) is 30.0 Å². The highest BCUT2D eigenvalue weighted by molar-refractivity contribution is 7.09. The van der Waals surface area contributed by atoms with Gasteiger partial charge < -0.3 is 5.32 Å². The topological polar surface area (TPSA) is 24.9 Å². The Morgan fingerprint density at radius 3 is 3.00 bits per heavy atom. The summed E-state index contributed by atoms with van der Waals surface area (Å²) in [6, 6.07) is 0.599. The summed E-state index contributed by atoms with van der Waals surface area (Å²) in [5, 5.41) is 7.05. The quantitative estimate of drug-likeness (QED) is 0.751. The summed E-state index contributed by atoms with van der Waals surface area (Å²) in [5.41, 5.74) is 1.30. The van der Waals surface area contributed by atoms with E-state index in [1.807, 2.05) is 11.3 Å². The van der Waals surface area contributed by atoms with Crippen molar-refractivity contribution in [2.75, 3.05) is 6.54 Å². The summed E-state index contributed by atoms with van der Waals surface area (Å²) in [5.74, 6) is 0.817. The molecule has 84 valence electrons. The second-order valence-corrected chi connectivity index (χ2v) is 5.55. The smallest absolute Gasteiger partial charge is 0.0959 e. The van der Waals surface area contributed by atoms with Gasteiger partial charge in [0, 0.05) is 17.3 Å². The van der Waals surface area contributed by atoms with Crippen molar-refractivity contribution in [1.29, 1.82) is 0 Å². The molecule has 1 aromatic heterocycles. The Morgan fingerprint density at radius 2 is 2.33 bits per heavy atom. The molecule has 1 aromatic rings. The van der Waals surface area contributed by atoms with Crippen LogP contribution in [0.15, 0.2) is 5.38 Å². The minimum Gasteiger partial charge on any atom is -0.315 e. The highest BCUT2D eigenvalue weighted by atomic mass is 32.1. The molecule has 0 saturated heterocycles. The molecule has 1 heterocycles. The maximum Gasteiger partial charge on any atom is 0.0959 e. The highest BCUT2D eigenvalue weighted by Gasteiger charge is 2.26. The number of nitrogens with zero attached hydrogens (tertiary/aromatic N) is 1. The van der Waals surface area contributed by atoms with Gasteiger partial charge in [-0.1, -0.05) is 13.8 Å². The highest BCUT2D eigenvalue weighted by Crippen LogP contribution is 2.41. The van der Waals surface area contributed by atoms with Gasteiger partial charge in [0.1, 0.15) is 0 Å². The largest absolute Gasteiger partial charge is 0.315 e. The maximum absolute atomic E-state index is 4.68. The molecule has 0 aliphatic heterocycles. The first kappa shape index (κ1) is 11.1. The van der Waals surface area contributed by atoms with Gasteiger partial charge in [-0.15, -0.1) is 11.3 Å². The summed E-state index contributed by atoms with van der Waals surface area (Å²) in [6.45, 7) is 5.48. The minimum absolute atomic E-state index is 0.599. The first-order valence-electron chi connectivity index (χ1n) is 5.93. The molecule has 1 saturated carbocycles. The Hall–Kier alpha value is -0.410. The van der Waals surface area contributed by atoms with Gasteiger partial charge in [-0.05, 0) is 32.2 Å². The van der Waals surface area contributed by atoms with Crippen LogP contribution in [0, 0.1) is 0 Å². The van der Waals surface area contributed by atoms with Crippen molar-refractivity contribution in [3.63, 3.8) is 0 Å². The van der Waals surface area contributed by atoms with Gasteiger partial charge in [-0.2, -0.15) is 0 Å². The molecular weight excluding hydrogens is 204 g/mol. The van der Waals surface area contributed by atoms with Crippen LogP contribution in [0.4, 0.5) is 0 Å². The van der Waals surface area contributed by atoms with Gasteiger partial charge in [0.15, 0.2) is 0 Å². The summed E-state index contributed by atoms with van der Waals surface area (Å²) in [4.78, 5) is 4.68. The zero-order valence-corrected chi connectivity index (χ0v) is 10.4. The third kappa shape index (κ3) is 3.58. The number of rotatable bonds is 6. The van der Waals surface area contributed by atoms with Crippen LogP contribution < -0.4 is 5.32 Å². The number of nitrogens with one attached hydrogen (secondary N) is 1. The van der Waals surface area contributed by atoms with Gasteiger partial charge in [0.05, 0.1) is 10.7 Å². The average Bonchev–Trinajstić information content (AvgIpc) is 2.94. The number of aryl methyl sites for hydroxylation is 1. The maximum atomic E-state index is 4.68. The SMILES string of the molecule is CC(C)NCCCc1csc(C2CC2)n1. The molecule has 1 aliphatic rings. The van der Waals surface area contributed by atoms with Gasteiger partial charge in [-0.25, -0.2) is 4.98 Å². The van der Waals surface area contributed by atoms with Crippen LogP contribution in [-0.2, 0) is 6.42 Å². The normalized spacial score (nSPS) is 16.2. The second kappa shape index (κ2) is 5.08. The van der Waals surface area contributed by atoms with Crippen LogP contribution in [0.1, 0.15) is 49.7 Å². The lowest BCUT2D eigenvalue weighted by molar-refractivity contribution is 0.569. The molecule has 1 aliphatic carbocycles. The lowest BCUT2D eigenvalue weighted by atomic mass is 10.2. The van der Waals surface area contributed by atoms with Crippen molar-refractivity contribution in [2.24, 2.45) is 0 Å². The van der Waals surface area contributed by atoms with E-state index >= 15 is 0 Å². The summed E-state index contributed by atoms with van der Waals surface area (Å²) < 4.78 is 0. The lowest BCUT2D eigenvalue weighted by Crippen LogP contribution is -2.23. The van der Waals surface area contributed by atoms with Gasteiger partial charge in [-0.3, -0.25) is 0 Å². The fourth-order valence-corrected chi connectivity index (χ4v) is 2.64. The third-order valence-electron chi connectivity index (χ3n) is 2.66. The number of hydrogen-bond acceptors (Lipinski definition) is 3. The molecule has 0 spiro atoms. The molecule has 0 radical (unpaired) electrons. The van der Waals surface area contributed by atoms with Gasteiger partial charge in [0.25, 0.3) is 0 Å². The first-order chi connectivity index (χ1) is 7.25. The van der Waals surface area contributed by atoms with Crippen LogP contribution in [0.2, 0.25) is 0 Å². The van der Waals surface area contributed by atoms with Gasteiger partial charge >= 0.3 is 0 Å². The Morgan fingerprint density at radius 1 is 1.53 bits per heavy atom. The fourth-order valence-electron chi connectivity index (χ4n) is 1.62. The van der Waals surface area contributed by atoms with E-state index in [4.69, 9.17) is 0 Å². The number of hydrogen-bond donors (Lipinski definition) is 1. The Balaban J connectivity index is 1.69. The zero-order valence-electron chi connectivity index (χ0n) is 9.62. The van der Waals surface area contributed by atoms with Crippen LogP contribution >= 0.6 is 11.3 Å². The van der Waals surface area contributed by atoms with Crippen molar-refractivity contribution < 1.29 is 0 Å². The van der Waals surface area contributed by atoms with Crippen LogP contribution in [0.25, 0.3) is 0 Å². The van der Waals surface area contributed by atoms with E-state index in [1.54, 1.807) is 0 Å². The molecular formula is C12H20N2S. The molecule has 0 amide bonds. The molecule has 1 fully saturated rings. The van der Waals surface area contributed by atoms with Crippen LogP contribution in [0.3, 0.4) is 0 Å².